The van der Waals surface area contributed by atoms with Crippen molar-refractivity contribution < 1.29 is 9.52 Å². The predicted molar refractivity (Wildman–Crippen MR) is 75.3 cm³/mol. The van der Waals surface area contributed by atoms with Gasteiger partial charge in [0.15, 0.2) is 0 Å². The Bertz CT molecular complexity index is 573. The van der Waals surface area contributed by atoms with Gasteiger partial charge < -0.3 is 14.8 Å². The summed E-state index contributed by atoms with van der Waals surface area (Å²) in [5, 5.41) is 14.4. The molecule has 2 heterocycles. The number of furan rings is 1. The van der Waals surface area contributed by atoms with Crippen molar-refractivity contribution >= 4 is 16.9 Å². The first-order chi connectivity index (χ1) is 9.00. The molecule has 0 fully saturated rings. The fraction of sp³-hybridized carbons (Fsp3) is 0.571. The topological polar surface area (TPSA) is 71.2 Å². The lowest BCUT2D eigenvalue weighted by Gasteiger charge is -2.25. The summed E-state index contributed by atoms with van der Waals surface area (Å²) in [6, 6.07) is 0. The van der Waals surface area contributed by atoms with Crippen LogP contribution in [0.3, 0.4) is 0 Å². The van der Waals surface area contributed by atoms with Crippen molar-refractivity contribution in [1.82, 2.24) is 9.97 Å². The number of rotatable bonds is 5. The fourth-order valence-electron chi connectivity index (χ4n) is 2.06. The van der Waals surface area contributed by atoms with E-state index in [1.807, 2.05) is 27.7 Å². The number of fused-ring (bicyclic) bond motifs is 1. The molecule has 2 rings (SSSR count). The van der Waals surface area contributed by atoms with Crippen molar-refractivity contribution in [2.75, 3.05) is 11.9 Å². The van der Waals surface area contributed by atoms with Gasteiger partial charge in [0.25, 0.3) is 0 Å². The Morgan fingerprint density at radius 2 is 1.95 bits per heavy atom. The molecule has 0 aliphatic carbocycles. The Hall–Kier alpha value is -1.62. The van der Waals surface area contributed by atoms with E-state index in [1.54, 1.807) is 0 Å². The largest absolute Gasteiger partial charge is 0.443 e. The van der Waals surface area contributed by atoms with Crippen LogP contribution >= 0.6 is 0 Å². The molecule has 0 unspecified atom stereocenters. The lowest BCUT2D eigenvalue weighted by Crippen LogP contribution is -2.35. The Labute approximate surface area is 113 Å². The Morgan fingerprint density at radius 1 is 1.26 bits per heavy atom. The molecule has 2 aromatic rings. The van der Waals surface area contributed by atoms with Crippen LogP contribution < -0.4 is 5.32 Å². The van der Waals surface area contributed by atoms with Crippen LogP contribution in [0, 0.1) is 13.8 Å². The SMILES string of the molecule is CCC(O)(CC)CNc1ncnc2oc(C)c(C)c12. The number of aromatic nitrogens is 2. The second-order valence-electron chi connectivity index (χ2n) is 4.97. The van der Waals surface area contributed by atoms with Gasteiger partial charge in [-0.3, -0.25) is 0 Å². The minimum Gasteiger partial charge on any atom is -0.443 e. The molecule has 19 heavy (non-hydrogen) atoms. The summed E-state index contributed by atoms with van der Waals surface area (Å²) in [5.41, 5.74) is 0.919. The molecule has 0 saturated heterocycles. The van der Waals surface area contributed by atoms with Crippen molar-refractivity contribution in [3.63, 3.8) is 0 Å². The van der Waals surface area contributed by atoms with Crippen LogP contribution in [0.2, 0.25) is 0 Å². The van der Waals surface area contributed by atoms with E-state index in [9.17, 15) is 5.11 Å². The monoisotopic (exact) mass is 263 g/mol. The minimum absolute atomic E-state index is 0.468. The lowest BCUT2D eigenvalue weighted by molar-refractivity contribution is 0.0456. The van der Waals surface area contributed by atoms with E-state index < -0.39 is 5.60 Å². The summed E-state index contributed by atoms with van der Waals surface area (Å²) in [7, 11) is 0. The van der Waals surface area contributed by atoms with E-state index in [0.717, 1.165) is 22.5 Å². The van der Waals surface area contributed by atoms with Crippen molar-refractivity contribution in [3.05, 3.63) is 17.7 Å². The first kappa shape index (κ1) is 13.8. The van der Waals surface area contributed by atoms with Crippen LogP contribution in [-0.4, -0.2) is 27.2 Å². The number of hydrogen-bond acceptors (Lipinski definition) is 5. The zero-order valence-electron chi connectivity index (χ0n) is 11.9. The number of nitrogens with zero attached hydrogens (tertiary/aromatic N) is 2. The minimum atomic E-state index is -0.704. The Kier molecular flexibility index (Phi) is 3.75. The number of aliphatic hydroxyl groups is 1. The maximum Gasteiger partial charge on any atom is 0.231 e. The Balaban J connectivity index is 2.31. The van der Waals surface area contributed by atoms with Gasteiger partial charge >= 0.3 is 0 Å². The molecule has 2 N–H and O–H groups in total. The van der Waals surface area contributed by atoms with Gasteiger partial charge in [0.2, 0.25) is 5.71 Å². The molecule has 5 nitrogen and oxygen atoms in total. The quantitative estimate of drug-likeness (QED) is 0.868. The molecule has 0 aliphatic rings. The van der Waals surface area contributed by atoms with E-state index in [-0.39, 0.29) is 0 Å². The molecule has 0 amide bonds. The molecule has 104 valence electrons. The first-order valence-electron chi connectivity index (χ1n) is 6.67. The predicted octanol–water partition coefficient (Wildman–Crippen LogP) is 2.80. The number of nitrogens with one attached hydrogen (secondary N) is 1. The molecule has 0 aromatic carbocycles. The van der Waals surface area contributed by atoms with Crippen LogP contribution in [0.15, 0.2) is 10.7 Å². The number of aryl methyl sites for hydroxylation is 2. The second kappa shape index (κ2) is 5.17. The normalized spacial score (nSPS) is 12.1. The van der Waals surface area contributed by atoms with Crippen LogP contribution in [0.1, 0.15) is 38.0 Å². The molecular weight excluding hydrogens is 242 g/mol. The molecule has 0 atom stereocenters. The first-order valence-corrected chi connectivity index (χ1v) is 6.67. The van der Waals surface area contributed by atoms with Gasteiger partial charge in [-0.25, -0.2) is 9.97 Å². The highest BCUT2D eigenvalue weighted by Crippen LogP contribution is 2.28. The van der Waals surface area contributed by atoms with E-state index in [4.69, 9.17) is 4.42 Å². The van der Waals surface area contributed by atoms with Gasteiger partial charge in [-0.05, 0) is 26.7 Å². The molecule has 5 heteroatoms. The fourth-order valence-corrected chi connectivity index (χ4v) is 2.06. The third kappa shape index (κ3) is 2.56. The highest BCUT2D eigenvalue weighted by Gasteiger charge is 2.23. The average Bonchev–Trinajstić information content (AvgIpc) is 2.72. The molecule has 0 aliphatic heterocycles. The molecule has 0 radical (unpaired) electrons. The summed E-state index contributed by atoms with van der Waals surface area (Å²) in [5.74, 6) is 1.57. The van der Waals surface area contributed by atoms with Gasteiger partial charge in [0.1, 0.15) is 17.9 Å². The van der Waals surface area contributed by atoms with Crippen LogP contribution in [0.4, 0.5) is 5.82 Å². The van der Waals surface area contributed by atoms with Gasteiger partial charge in [0, 0.05) is 12.1 Å². The average molecular weight is 263 g/mol. The van der Waals surface area contributed by atoms with E-state index in [1.165, 1.54) is 6.33 Å². The highest BCUT2D eigenvalue weighted by molar-refractivity contribution is 5.89. The van der Waals surface area contributed by atoms with Crippen molar-refractivity contribution in [1.29, 1.82) is 0 Å². The maximum absolute atomic E-state index is 10.3. The molecule has 0 bridgehead atoms. The maximum atomic E-state index is 10.3. The van der Waals surface area contributed by atoms with E-state index >= 15 is 0 Å². The smallest absolute Gasteiger partial charge is 0.231 e. The lowest BCUT2D eigenvalue weighted by atomic mass is 9.97. The van der Waals surface area contributed by atoms with Crippen LogP contribution in [0.25, 0.3) is 11.1 Å². The third-order valence-corrected chi connectivity index (χ3v) is 3.87. The molecule has 2 aromatic heterocycles. The standard InChI is InChI=1S/C14H21N3O2/c1-5-14(18,6-2)7-15-12-11-9(3)10(4)19-13(11)17-8-16-12/h8,18H,5-7H2,1-4H3,(H,15,16,17). The zero-order valence-corrected chi connectivity index (χ0v) is 11.9. The second-order valence-corrected chi connectivity index (χ2v) is 4.97. The summed E-state index contributed by atoms with van der Waals surface area (Å²) in [4.78, 5) is 8.39. The summed E-state index contributed by atoms with van der Waals surface area (Å²) in [6.07, 6.45) is 2.88. The van der Waals surface area contributed by atoms with E-state index in [2.05, 4.69) is 15.3 Å². The van der Waals surface area contributed by atoms with E-state index in [0.29, 0.717) is 25.1 Å². The summed E-state index contributed by atoms with van der Waals surface area (Å²) in [6.45, 7) is 8.33. The molecule has 0 saturated carbocycles. The van der Waals surface area contributed by atoms with Gasteiger partial charge in [0.05, 0.1) is 11.0 Å². The summed E-state index contributed by atoms with van der Waals surface area (Å²) < 4.78 is 5.57. The third-order valence-electron chi connectivity index (χ3n) is 3.87. The summed E-state index contributed by atoms with van der Waals surface area (Å²) >= 11 is 0. The van der Waals surface area contributed by atoms with Gasteiger partial charge in [-0.2, -0.15) is 0 Å². The zero-order chi connectivity index (χ0) is 14.0. The van der Waals surface area contributed by atoms with Crippen molar-refractivity contribution in [2.24, 2.45) is 0 Å². The Morgan fingerprint density at radius 3 is 2.58 bits per heavy atom. The molecular formula is C14H21N3O2. The number of hydrogen-bond donors (Lipinski definition) is 2. The number of anilines is 1. The van der Waals surface area contributed by atoms with Gasteiger partial charge in [-0.1, -0.05) is 13.8 Å². The van der Waals surface area contributed by atoms with Crippen molar-refractivity contribution in [2.45, 2.75) is 46.1 Å². The van der Waals surface area contributed by atoms with Crippen LogP contribution in [0.5, 0.6) is 0 Å². The highest BCUT2D eigenvalue weighted by atomic mass is 16.3. The van der Waals surface area contributed by atoms with Crippen molar-refractivity contribution in [3.8, 4) is 0 Å². The van der Waals surface area contributed by atoms with Crippen LogP contribution in [-0.2, 0) is 0 Å². The van der Waals surface area contributed by atoms with Gasteiger partial charge in [-0.15, -0.1) is 0 Å². The molecule has 0 spiro atoms.